The highest BCUT2D eigenvalue weighted by Gasteiger charge is 2.07. The van der Waals surface area contributed by atoms with Crippen LogP contribution in [0, 0.1) is 6.92 Å². The number of aryl methyl sites for hydroxylation is 1. The quantitative estimate of drug-likeness (QED) is 0.861. The highest BCUT2D eigenvalue weighted by Crippen LogP contribution is 2.24. The Kier molecular flexibility index (Phi) is 2.68. The Labute approximate surface area is 96.5 Å². The molecule has 2 N–H and O–H groups in total. The normalized spacial score (nSPS) is 10.3. The summed E-state index contributed by atoms with van der Waals surface area (Å²) in [6.07, 6.45) is 0. The Morgan fingerprint density at radius 1 is 1.13 bits per heavy atom. The summed E-state index contributed by atoms with van der Waals surface area (Å²) in [4.78, 5) is 8.59. The van der Waals surface area contributed by atoms with Gasteiger partial charge in [-0.3, -0.25) is 0 Å². The average Bonchev–Trinajstić information content (AvgIpc) is 2.26. The molecule has 0 bridgehead atoms. The maximum Gasteiger partial charge on any atom is 0.161 e. The van der Waals surface area contributed by atoms with Crippen molar-refractivity contribution in [2.45, 2.75) is 6.92 Å². The van der Waals surface area contributed by atoms with E-state index in [0.717, 1.165) is 15.7 Å². The molecule has 15 heavy (non-hydrogen) atoms. The van der Waals surface area contributed by atoms with E-state index in [1.54, 1.807) is 0 Å². The lowest BCUT2D eigenvalue weighted by atomic mass is 10.2. The number of nitrogens with two attached hydrogens (primary N) is 1. The molecule has 0 aliphatic heterocycles. The van der Waals surface area contributed by atoms with E-state index in [-0.39, 0.29) is 0 Å². The van der Waals surface area contributed by atoms with Gasteiger partial charge in [-0.2, -0.15) is 0 Å². The van der Waals surface area contributed by atoms with E-state index >= 15 is 0 Å². The van der Waals surface area contributed by atoms with Crippen molar-refractivity contribution < 1.29 is 0 Å². The van der Waals surface area contributed by atoms with Gasteiger partial charge in [-0.15, -0.1) is 0 Å². The number of halogens is 1. The molecular weight excluding hydrogens is 254 g/mol. The van der Waals surface area contributed by atoms with Crippen LogP contribution in [0.25, 0.3) is 11.4 Å². The van der Waals surface area contributed by atoms with Crippen LogP contribution >= 0.6 is 15.9 Å². The van der Waals surface area contributed by atoms with Gasteiger partial charge in [0.15, 0.2) is 5.82 Å². The molecule has 0 spiro atoms. The number of nitrogens with zero attached hydrogens (tertiary/aromatic N) is 2. The lowest BCUT2D eigenvalue weighted by Crippen LogP contribution is -1.99. The lowest BCUT2D eigenvalue weighted by molar-refractivity contribution is 1.10. The highest BCUT2D eigenvalue weighted by atomic mass is 79.9. The molecule has 0 radical (unpaired) electrons. The lowest BCUT2D eigenvalue weighted by Gasteiger charge is -2.05. The van der Waals surface area contributed by atoms with Gasteiger partial charge in [0, 0.05) is 5.56 Å². The van der Waals surface area contributed by atoms with Crippen LogP contribution in [-0.4, -0.2) is 9.97 Å². The number of hydrogen-bond acceptors (Lipinski definition) is 3. The fraction of sp³-hybridized carbons (Fsp3) is 0.0909. The smallest absolute Gasteiger partial charge is 0.161 e. The molecule has 0 amide bonds. The fourth-order valence-electron chi connectivity index (χ4n) is 1.30. The highest BCUT2D eigenvalue weighted by molar-refractivity contribution is 9.10. The van der Waals surface area contributed by atoms with Crippen LogP contribution < -0.4 is 5.73 Å². The van der Waals surface area contributed by atoms with E-state index in [1.807, 2.05) is 37.3 Å². The molecule has 0 saturated carbocycles. The first-order valence-electron chi connectivity index (χ1n) is 4.53. The Bertz CT molecular complexity index is 459. The largest absolute Gasteiger partial charge is 0.383 e. The van der Waals surface area contributed by atoms with Gasteiger partial charge in [0.1, 0.15) is 5.82 Å². The predicted molar refractivity (Wildman–Crippen MR) is 64.3 cm³/mol. The number of anilines is 1. The number of hydrogen-bond donors (Lipinski definition) is 1. The summed E-state index contributed by atoms with van der Waals surface area (Å²) in [6.45, 7) is 1.90. The summed E-state index contributed by atoms with van der Waals surface area (Å²) in [5, 5.41) is 0. The molecule has 2 rings (SSSR count). The number of nitrogen functional groups attached to an aromatic ring is 1. The maximum atomic E-state index is 5.76. The van der Waals surface area contributed by atoms with Gasteiger partial charge in [-0.1, -0.05) is 30.3 Å². The molecule has 1 aromatic carbocycles. The van der Waals surface area contributed by atoms with E-state index in [9.17, 15) is 0 Å². The summed E-state index contributed by atoms with van der Waals surface area (Å²) >= 11 is 3.34. The average molecular weight is 264 g/mol. The van der Waals surface area contributed by atoms with Gasteiger partial charge in [0.25, 0.3) is 0 Å². The molecule has 0 aliphatic rings. The zero-order valence-corrected chi connectivity index (χ0v) is 9.82. The van der Waals surface area contributed by atoms with Gasteiger partial charge < -0.3 is 5.73 Å². The zero-order valence-electron chi connectivity index (χ0n) is 8.24. The number of benzene rings is 1. The number of aromatic nitrogens is 2. The first kappa shape index (κ1) is 10.1. The monoisotopic (exact) mass is 263 g/mol. The molecule has 0 unspecified atom stereocenters. The van der Waals surface area contributed by atoms with Crippen LogP contribution in [0.2, 0.25) is 0 Å². The summed E-state index contributed by atoms with van der Waals surface area (Å²) in [6, 6.07) is 9.78. The molecule has 3 nitrogen and oxygen atoms in total. The summed E-state index contributed by atoms with van der Waals surface area (Å²) in [7, 11) is 0. The van der Waals surface area contributed by atoms with Crippen molar-refractivity contribution in [3.63, 3.8) is 0 Å². The van der Waals surface area contributed by atoms with Crippen molar-refractivity contribution in [2.24, 2.45) is 0 Å². The third kappa shape index (κ3) is 1.99. The minimum absolute atomic E-state index is 0.473. The molecule has 0 saturated heterocycles. The molecular formula is C11H10BrN3. The topological polar surface area (TPSA) is 51.8 Å². The minimum atomic E-state index is 0.473. The third-order valence-electron chi connectivity index (χ3n) is 2.07. The fourth-order valence-corrected chi connectivity index (χ4v) is 1.48. The van der Waals surface area contributed by atoms with Crippen LogP contribution in [0.4, 0.5) is 5.82 Å². The van der Waals surface area contributed by atoms with Crippen LogP contribution in [0.1, 0.15) is 5.69 Å². The van der Waals surface area contributed by atoms with Crippen molar-refractivity contribution in [1.29, 1.82) is 0 Å². The van der Waals surface area contributed by atoms with Crippen molar-refractivity contribution in [3.8, 4) is 11.4 Å². The summed E-state index contributed by atoms with van der Waals surface area (Å²) in [5.74, 6) is 1.13. The minimum Gasteiger partial charge on any atom is -0.383 e. The first-order chi connectivity index (χ1) is 7.18. The standard InChI is InChI=1S/C11H10BrN3/c1-7-9(12)10(13)15-11(14-7)8-5-3-2-4-6-8/h2-6H,1H3,(H2,13,14,15). The van der Waals surface area contributed by atoms with Gasteiger partial charge in [-0.25, -0.2) is 9.97 Å². The van der Waals surface area contributed by atoms with E-state index in [0.29, 0.717) is 11.6 Å². The van der Waals surface area contributed by atoms with Crippen molar-refractivity contribution in [2.75, 3.05) is 5.73 Å². The molecule has 0 aliphatic carbocycles. The molecule has 0 atom stereocenters. The van der Waals surface area contributed by atoms with Gasteiger partial charge in [0.2, 0.25) is 0 Å². The SMILES string of the molecule is Cc1nc(-c2ccccc2)nc(N)c1Br. The van der Waals surface area contributed by atoms with E-state index in [1.165, 1.54) is 0 Å². The van der Waals surface area contributed by atoms with E-state index in [2.05, 4.69) is 25.9 Å². The first-order valence-corrected chi connectivity index (χ1v) is 5.33. The van der Waals surface area contributed by atoms with Crippen molar-refractivity contribution in [1.82, 2.24) is 9.97 Å². The molecule has 4 heteroatoms. The number of rotatable bonds is 1. The Balaban J connectivity index is 2.56. The Hall–Kier alpha value is -1.42. The van der Waals surface area contributed by atoms with Crippen LogP contribution in [0.3, 0.4) is 0 Å². The van der Waals surface area contributed by atoms with Crippen LogP contribution in [0.15, 0.2) is 34.8 Å². The second-order valence-electron chi connectivity index (χ2n) is 3.20. The van der Waals surface area contributed by atoms with E-state index < -0.39 is 0 Å². The summed E-state index contributed by atoms with van der Waals surface area (Å²) in [5.41, 5.74) is 7.58. The zero-order chi connectivity index (χ0) is 10.8. The van der Waals surface area contributed by atoms with Gasteiger partial charge in [-0.05, 0) is 22.9 Å². The summed E-state index contributed by atoms with van der Waals surface area (Å²) < 4.78 is 0.766. The Morgan fingerprint density at radius 3 is 2.40 bits per heavy atom. The molecule has 1 aromatic heterocycles. The third-order valence-corrected chi connectivity index (χ3v) is 3.05. The molecule has 0 fully saturated rings. The van der Waals surface area contributed by atoms with Crippen molar-refractivity contribution >= 4 is 21.7 Å². The van der Waals surface area contributed by atoms with Gasteiger partial charge in [0.05, 0.1) is 10.2 Å². The maximum absolute atomic E-state index is 5.76. The predicted octanol–water partition coefficient (Wildman–Crippen LogP) is 2.80. The van der Waals surface area contributed by atoms with Gasteiger partial charge >= 0.3 is 0 Å². The Morgan fingerprint density at radius 2 is 1.80 bits per heavy atom. The van der Waals surface area contributed by atoms with E-state index in [4.69, 9.17) is 5.73 Å². The van der Waals surface area contributed by atoms with Crippen LogP contribution in [-0.2, 0) is 0 Å². The van der Waals surface area contributed by atoms with Crippen molar-refractivity contribution in [3.05, 3.63) is 40.5 Å². The van der Waals surface area contributed by atoms with Crippen LogP contribution in [0.5, 0.6) is 0 Å². The molecule has 2 aromatic rings. The second-order valence-corrected chi connectivity index (χ2v) is 3.99. The second kappa shape index (κ2) is 3.98. The molecule has 76 valence electrons. The molecule has 1 heterocycles.